The molecule has 0 aromatic heterocycles. The van der Waals surface area contributed by atoms with Gasteiger partial charge in [-0.25, -0.2) is 0 Å². The Labute approximate surface area is 133 Å². The van der Waals surface area contributed by atoms with Gasteiger partial charge in [0.15, 0.2) is 6.61 Å². The minimum Gasteiger partial charge on any atom is -0.484 e. The highest BCUT2D eigenvalue weighted by atomic mass is 35.5. The Kier molecular flexibility index (Phi) is 6.99. The molecule has 21 heavy (non-hydrogen) atoms. The van der Waals surface area contributed by atoms with Crippen LogP contribution in [0.15, 0.2) is 24.3 Å². The van der Waals surface area contributed by atoms with E-state index in [1.165, 1.54) is 5.56 Å². The molecule has 0 saturated carbocycles. The molecule has 1 heterocycles. The molecule has 1 amide bonds. The fourth-order valence-corrected chi connectivity index (χ4v) is 2.39. The first-order valence-corrected chi connectivity index (χ1v) is 7.31. The Morgan fingerprint density at radius 2 is 2.05 bits per heavy atom. The van der Waals surface area contributed by atoms with Crippen molar-refractivity contribution < 1.29 is 9.53 Å². The van der Waals surface area contributed by atoms with Gasteiger partial charge >= 0.3 is 0 Å². The topological polar surface area (TPSA) is 41.6 Å². The fraction of sp³-hybridized carbons (Fsp3) is 0.562. The van der Waals surface area contributed by atoms with Gasteiger partial charge in [-0.15, -0.1) is 12.4 Å². The third kappa shape index (κ3) is 4.90. The summed E-state index contributed by atoms with van der Waals surface area (Å²) in [5, 5.41) is 3.28. The Morgan fingerprint density at radius 3 is 2.62 bits per heavy atom. The van der Waals surface area contributed by atoms with E-state index in [1.807, 2.05) is 17.0 Å². The number of hydrogen-bond acceptors (Lipinski definition) is 3. The average molecular weight is 313 g/mol. The molecule has 0 bridgehead atoms. The van der Waals surface area contributed by atoms with E-state index in [4.69, 9.17) is 4.74 Å². The van der Waals surface area contributed by atoms with Crippen LogP contribution in [0.1, 0.15) is 32.3 Å². The molecule has 0 aliphatic carbocycles. The lowest BCUT2D eigenvalue weighted by molar-refractivity contribution is -0.136. The standard InChI is InChI=1S/C16H24N2O2.ClH/c1-12(2)14-4-6-15(7-5-14)20-11-16(19)18-9-8-17-10-13(18)3;/h4-7,12-13,17H,8-11H2,1-3H3;1H/t13-;/m1./s1. The lowest BCUT2D eigenvalue weighted by Gasteiger charge is -2.33. The van der Waals surface area contributed by atoms with Gasteiger partial charge in [0.05, 0.1) is 0 Å². The first-order chi connectivity index (χ1) is 9.58. The van der Waals surface area contributed by atoms with E-state index in [0.717, 1.165) is 25.4 Å². The molecule has 1 aliphatic rings. The Balaban J connectivity index is 0.00000220. The molecule has 0 radical (unpaired) electrons. The minimum atomic E-state index is 0. The van der Waals surface area contributed by atoms with E-state index >= 15 is 0 Å². The van der Waals surface area contributed by atoms with Gasteiger partial charge in [0, 0.05) is 25.7 Å². The maximum atomic E-state index is 12.1. The molecule has 1 saturated heterocycles. The molecule has 2 rings (SSSR count). The number of nitrogens with one attached hydrogen (secondary N) is 1. The van der Waals surface area contributed by atoms with Crippen LogP contribution in [0.5, 0.6) is 5.75 Å². The zero-order valence-corrected chi connectivity index (χ0v) is 13.8. The quantitative estimate of drug-likeness (QED) is 0.928. The predicted molar refractivity (Wildman–Crippen MR) is 87.3 cm³/mol. The maximum Gasteiger partial charge on any atom is 0.260 e. The number of nitrogens with zero attached hydrogens (tertiary/aromatic N) is 1. The summed E-state index contributed by atoms with van der Waals surface area (Å²) in [6, 6.07) is 8.21. The number of hydrogen-bond donors (Lipinski definition) is 1. The molecule has 0 unspecified atom stereocenters. The van der Waals surface area contributed by atoms with E-state index in [2.05, 4.69) is 38.2 Å². The highest BCUT2D eigenvalue weighted by Crippen LogP contribution is 2.18. The van der Waals surface area contributed by atoms with Gasteiger partial charge in [-0.3, -0.25) is 4.79 Å². The van der Waals surface area contributed by atoms with Gasteiger partial charge in [-0.1, -0.05) is 26.0 Å². The molecular formula is C16H25ClN2O2. The molecule has 4 nitrogen and oxygen atoms in total. The summed E-state index contributed by atoms with van der Waals surface area (Å²) < 4.78 is 5.59. The number of rotatable bonds is 4. The predicted octanol–water partition coefficient (Wildman–Crippen LogP) is 2.43. The Morgan fingerprint density at radius 1 is 1.38 bits per heavy atom. The summed E-state index contributed by atoms with van der Waals surface area (Å²) >= 11 is 0. The monoisotopic (exact) mass is 312 g/mol. The SMILES string of the molecule is CC(C)c1ccc(OCC(=O)N2CCNC[C@H]2C)cc1.Cl. The van der Waals surface area contributed by atoms with Crippen molar-refractivity contribution >= 4 is 18.3 Å². The largest absolute Gasteiger partial charge is 0.484 e. The number of halogens is 1. The number of piperazine rings is 1. The lowest BCUT2D eigenvalue weighted by atomic mass is 10.0. The van der Waals surface area contributed by atoms with Crippen molar-refractivity contribution in [3.63, 3.8) is 0 Å². The second kappa shape index (κ2) is 8.25. The van der Waals surface area contributed by atoms with Gasteiger partial charge in [0.25, 0.3) is 5.91 Å². The Bertz CT molecular complexity index is 448. The summed E-state index contributed by atoms with van der Waals surface area (Å²) in [6.07, 6.45) is 0. The maximum absolute atomic E-state index is 12.1. The first kappa shape index (κ1) is 17.8. The number of amides is 1. The molecule has 1 N–H and O–H groups in total. The second-order valence-electron chi connectivity index (χ2n) is 5.65. The van der Waals surface area contributed by atoms with Crippen LogP contribution in [0.25, 0.3) is 0 Å². The minimum absolute atomic E-state index is 0. The first-order valence-electron chi connectivity index (χ1n) is 7.31. The summed E-state index contributed by atoms with van der Waals surface area (Å²) in [5.74, 6) is 1.32. The van der Waals surface area contributed by atoms with Crippen molar-refractivity contribution in [1.29, 1.82) is 0 Å². The van der Waals surface area contributed by atoms with Crippen molar-refractivity contribution in [2.45, 2.75) is 32.7 Å². The summed E-state index contributed by atoms with van der Waals surface area (Å²) in [4.78, 5) is 14.0. The van der Waals surface area contributed by atoms with Crippen LogP contribution < -0.4 is 10.1 Å². The van der Waals surface area contributed by atoms with E-state index in [9.17, 15) is 4.79 Å². The molecule has 1 atom stereocenters. The van der Waals surface area contributed by atoms with Crippen LogP contribution >= 0.6 is 12.4 Å². The van der Waals surface area contributed by atoms with Crippen molar-refractivity contribution in [2.24, 2.45) is 0 Å². The third-order valence-corrected chi connectivity index (χ3v) is 3.73. The van der Waals surface area contributed by atoms with E-state index in [-0.39, 0.29) is 31.0 Å². The fourth-order valence-electron chi connectivity index (χ4n) is 2.39. The third-order valence-electron chi connectivity index (χ3n) is 3.73. The smallest absolute Gasteiger partial charge is 0.260 e. The normalized spacial score (nSPS) is 18.3. The lowest BCUT2D eigenvalue weighted by Crippen LogP contribution is -2.53. The van der Waals surface area contributed by atoms with Gasteiger partial charge in [0.2, 0.25) is 0 Å². The molecule has 118 valence electrons. The van der Waals surface area contributed by atoms with Crippen LogP contribution in [0.2, 0.25) is 0 Å². The molecule has 1 aliphatic heterocycles. The van der Waals surface area contributed by atoms with Gasteiger partial charge in [0.1, 0.15) is 5.75 Å². The summed E-state index contributed by atoms with van der Waals surface area (Å²) in [5.41, 5.74) is 1.28. The molecule has 5 heteroatoms. The molecule has 1 fully saturated rings. The van der Waals surface area contributed by atoms with E-state index in [0.29, 0.717) is 5.92 Å². The molecule has 0 spiro atoms. The van der Waals surface area contributed by atoms with Crippen molar-refractivity contribution in [3.05, 3.63) is 29.8 Å². The average Bonchev–Trinajstić information content (AvgIpc) is 2.45. The summed E-state index contributed by atoms with van der Waals surface area (Å²) in [6.45, 7) is 8.97. The second-order valence-corrected chi connectivity index (χ2v) is 5.65. The van der Waals surface area contributed by atoms with E-state index < -0.39 is 0 Å². The summed E-state index contributed by atoms with van der Waals surface area (Å²) in [7, 11) is 0. The Hall–Kier alpha value is -1.26. The zero-order valence-electron chi connectivity index (χ0n) is 13.0. The zero-order chi connectivity index (χ0) is 14.5. The van der Waals surface area contributed by atoms with Crippen LogP contribution in [-0.2, 0) is 4.79 Å². The van der Waals surface area contributed by atoms with Gasteiger partial charge in [-0.2, -0.15) is 0 Å². The van der Waals surface area contributed by atoms with E-state index in [1.54, 1.807) is 0 Å². The van der Waals surface area contributed by atoms with Crippen molar-refractivity contribution in [3.8, 4) is 5.75 Å². The van der Waals surface area contributed by atoms with Gasteiger partial charge < -0.3 is 15.0 Å². The number of benzene rings is 1. The number of carbonyl (C=O) groups is 1. The highest BCUT2D eigenvalue weighted by Gasteiger charge is 2.22. The molecule has 1 aromatic rings. The van der Waals surface area contributed by atoms with Crippen LogP contribution in [0, 0.1) is 0 Å². The molecule has 1 aromatic carbocycles. The van der Waals surface area contributed by atoms with Crippen LogP contribution in [0.4, 0.5) is 0 Å². The van der Waals surface area contributed by atoms with Crippen molar-refractivity contribution in [1.82, 2.24) is 10.2 Å². The molecular weight excluding hydrogens is 288 g/mol. The van der Waals surface area contributed by atoms with Crippen LogP contribution in [-0.4, -0.2) is 43.1 Å². The van der Waals surface area contributed by atoms with Gasteiger partial charge in [-0.05, 0) is 30.5 Å². The highest BCUT2D eigenvalue weighted by molar-refractivity contribution is 5.85. The number of ether oxygens (including phenoxy) is 1. The van der Waals surface area contributed by atoms with Crippen molar-refractivity contribution in [2.75, 3.05) is 26.2 Å². The number of carbonyl (C=O) groups excluding carboxylic acids is 1. The van der Waals surface area contributed by atoms with Crippen LogP contribution in [0.3, 0.4) is 0 Å².